The van der Waals surface area contributed by atoms with Crippen LogP contribution < -0.4 is 0 Å². The fourth-order valence-electron chi connectivity index (χ4n) is 3.30. The van der Waals surface area contributed by atoms with Gasteiger partial charge in [0.15, 0.2) is 0 Å². The van der Waals surface area contributed by atoms with Gasteiger partial charge >= 0.3 is 0 Å². The molecule has 0 saturated carbocycles. The van der Waals surface area contributed by atoms with Crippen molar-refractivity contribution in [2.75, 3.05) is 6.54 Å². The van der Waals surface area contributed by atoms with Gasteiger partial charge in [-0.15, -0.1) is 0 Å². The predicted molar refractivity (Wildman–Crippen MR) is 91.7 cm³/mol. The molecule has 122 valence electrons. The zero-order chi connectivity index (χ0) is 16.7. The first kappa shape index (κ1) is 15.8. The summed E-state index contributed by atoms with van der Waals surface area (Å²) >= 11 is 0. The summed E-state index contributed by atoms with van der Waals surface area (Å²) in [5, 5.41) is 0. The van der Waals surface area contributed by atoms with Gasteiger partial charge in [0, 0.05) is 37.2 Å². The number of fused-ring (bicyclic) bond motifs is 1. The Hall–Kier alpha value is -2.10. The van der Waals surface area contributed by atoms with Gasteiger partial charge in [-0.1, -0.05) is 19.9 Å². The average Bonchev–Trinajstić information content (AvgIpc) is 2.86. The minimum Gasteiger partial charge on any atom is -0.334 e. The minimum atomic E-state index is 0.107. The van der Waals surface area contributed by atoms with Gasteiger partial charge in [0.2, 0.25) is 0 Å². The van der Waals surface area contributed by atoms with E-state index in [1.807, 2.05) is 30.0 Å². The van der Waals surface area contributed by atoms with Crippen molar-refractivity contribution in [2.45, 2.75) is 46.6 Å². The van der Waals surface area contributed by atoms with Crippen molar-refractivity contribution in [2.24, 2.45) is 7.05 Å². The van der Waals surface area contributed by atoms with Gasteiger partial charge in [0.05, 0.1) is 12.2 Å². The number of aryl methyl sites for hydroxylation is 2. The number of amides is 1. The molecule has 0 bridgehead atoms. The number of hydrogen-bond donors (Lipinski definition) is 0. The number of imidazole rings is 1. The second kappa shape index (κ2) is 5.84. The van der Waals surface area contributed by atoms with Gasteiger partial charge in [-0.2, -0.15) is 0 Å². The van der Waals surface area contributed by atoms with E-state index in [1.54, 1.807) is 0 Å². The molecule has 23 heavy (non-hydrogen) atoms. The predicted octanol–water partition coefficient (Wildman–Crippen LogP) is 3.36. The number of benzene rings is 1. The molecule has 1 aromatic carbocycles. The molecule has 4 heteroatoms. The number of carbonyl (C=O) groups excluding carboxylic acids is 1. The molecule has 0 unspecified atom stereocenters. The van der Waals surface area contributed by atoms with Gasteiger partial charge in [-0.25, -0.2) is 4.98 Å². The molecular formula is C19H25N3O. The van der Waals surface area contributed by atoms with Crippen LogP contribution in [0.2, 0.25) is 0 Å². The van der Waals surface area contributed by atoms with Crippen LogP contribution in [0, 0.1) is 13.8 Å². The molecule has 2 heterocycles. The van der Waals surface area contributed by atoms with Crippen molar-refractivity contribution in [1.29, 1.82) is 0 Å². The highest BCUT2D eigenvalue weighted by Gasteiger charge is 2.26. The third kappa shape index (κ3) is 2.78. The van der Waals surface area contributed by atoms with E-state index in [-0.39, 0.29) is 5.91 Å². The van der Waals surface area contributed by atoms with E-state index >= 15 is 0 Å². The summed E-state index contributed by atoms with van der Waals surface area (Å²) in [6.07, 6.45) is 0.877. The molecule has 2 aromatic rings. The third-order valence-corrected chi connectivity index (χ3v) is 4.85. The van der Waals surface area contributed by atoms with Crippen LogP contribution in [0.3, 0.4) is 0 Å². The molecular weight excluding hydrogens is 286 g/mol. The van der Waals surface area contributed by atoms with Crippen LogP contribution in [-0.2, 0) is 20.0 Å². The van der Waals surface area contributed by atoms with Crippen molar-refractivity contribution in [3.05, 3.63) is 52.1 Å². The SMILES string of the molecule is Cc1ccc(C(=O)N2CCc3c(nc(C(C)C)n3C)C2)cc1C. The molecule has 0 atom stereocenters. The zero-order valence-corrected chi connectivity index (χ0v) is 14.7. The lowest BCUT2D eigenvalue weighted by Crippen LogP contribution is -2.36. The molecule has 0 spiro atoms. The summed E-state index contributed by atoms with van der Waals surface area (Å²) in [6, 6.07) is 5.94. The molecule has 1 aliphatic heterocycles. The molecule has 3 rings (SSSR count). The van der Waals surface area contributed by atoms with Crippen LogP contribution in [0.1, 0.15) is 58.5 Å². The van der Waals surface area contributed by atoms with Crippen molar-refractivity contribution in [1.82, 2.24) is 14.5 Å². The quantitative estimate of drug-likeness (QED) is 0.853. The maximum absolute atomic E-state index is 12.8. The van der Waals surface area contributed by atoms with E-state index in [1.165, 1.54) is 11.3 Å². The smallest absolute Gasteiger partial charge is 0.254 e. The Morgan fingerprint density at radius 1 is 1.22 bits per heavy atom. The highest BCUT2D eigenvalue weighted by Crippen LogP contribution is 2.24. The Kier molecular flexibility index (Phi) is 4.00. The topological polar surface area (TPSA) is 38.1 Å². The van der Waals surface area contributed by atoms with Gasteiger partial charge < -0.3 is 9.47 Å². The summed E-state index contributed by atoms with van der Waals surface area (Å²) < 4.78 is 2.21. The monoisotopic (exact) mass is 311 g/mol. The summed E-state index contributed by atoms with van der Waals surface area (Å²) in [5.74, 6) is 1.61. The highest BCUT2D eigenvalue weighted by atomic mass is 16.2. The van der Waals surface area contributed by atoms with E-state index in [0.29, 0.717) is 12.5 Å². The van der Waals surface area contributed by atoms with E-state index in [4.69, 9.17) is 4.98 Å². The first-order valence-electron chi connectivity index (χ1n) is 8.29. The van der Waals surface area contributed by atoms with Gasteiger partial charge in [-0.05, 0) is 37.1 Å². The lowest BCUT2D eigenvalue weighted by Gasteiger charge is -2.27. The molecule has 1 aliphatic rings. The minimum absolute atomic E-state index is 0.107. The van der Waals surface area contributed by atoms with Crippen LogP contribution in [0.5, 0.6) is 0 Å². The Balaban J connectivity index is 1.85. The lowest BCUT2D eigenvalue weighted by atomic mass is 10.0. The van der Waals surface area contributed by atoms with Crippen LogP contribution in [-0.4, -0.2) is 26.9 Å². The summed E-state index contributed by atoms with van der Waals surface area (Å²) in [7, 11) is 2.09. The van der Waals surface area contributed by atoms with Crippen molar-refractivity contribution >= 4 is 5.91 Å². The number of aromatic nitrogens is 2. The van der Waals surface area contributed by atoms with Crippen LogP contribution in [0.4, 0.5) is 0 Å². The van der Waals surface area contributed by atoms with E-state index < -0.39 is 0 Å². The molecule has 0 aliphatic carbocycles. The summed E-state index contributed by atoms with van der Waals surface area (Å²) in [4.78, 5) is 19.5. The fraction of sp³-hybridized carbons (Fsp3) is 0.474. The number of rotatable bonds is 2. The van der Waals surface area contributed by atoms with Crippen molar-refractivity contribution in [3.63, 3.8) is 0 Å². The standard InChI is InChI=1S/C19H25N3O/c1-12(2)18-20-16-11-22(9-8-17(16)21(18)5)19(23)15-7-6-13(3)14(4)10-15/h6-7,10,12H,8-9,11H2,1-5H3. The molecule has 0 fully saturated rings. The fourth-order valence-corrected chi connectivity index (χ4v) is 3.30. The Morgan fingerprint density at radius 2 is 1.96 bits per heavy atom. The second-order valence-corrected chi connectivity index (χ2v) is 6.85. The van der Waals surface area contributed by atoms with Crippen LogP contribution in [0.25, 0.3) is 0 Å². The normalized spacial score (nSPS) is 14.3. The molecule has 1 amide bonds. The van der Waals surface area contributed by atoms with Crippen molar-refractivity contribution in [3.8, 4) is 0 Å². The highest BCUT2D eigenvalue weighted by molar-refractivity contribution is 5.94. The first-order chi connectivity index (χ1) is 10.9. The van der Waals surface area contributed by atoms with Crippen molar-refractivity contribution < 1.29 is 4.79 Å². The average molecular weight is 311 g/mol. The van der Waals surface area contributed by atoms with Crippen LogP contribution in [0.15, 0.2) is 18.2 Å². The Labute approximate surface area is 138 Å². The molecule has 1 aromatic heterocycles. The maximum Gasteiger partial charge on any atom is 0.254 e. The molecule has 0 radical (unpaired) electrons. The first-order valence-corrected chi connectivity index (χ1v) is 8.29. The Morgan fingerprint density at radius 3 is 2.61 bits per heavy atom. The molecule has 4 nitrogen and oxygen atoms in total. The van der Waals surface area contributed by atoms with Gasteiger partial charge in [0.25, 0.3) is 5.91 Å². The van der Waals surface area contributed by atoms with Gasteiger partial charge in [-0.3, -0.25) is 4.79 Å². The zero-order valence-electron chi connectivity index (χ0n) is 14.7. The largest absolute Gasteiger partial charge is 0.334 e. The maximum atomic E-state index is 12.8. The molecule has 0 N–H and O–H groups in total. The summed E-state index contributed by atoms with van der Waals surface area (Å²) in [5.41, 5.74) is 5.48. The number of carbonyl (C=O) groups is 1. The third-order valence-electron chi connectivity index (χ3n) is 4.85. The van der Waals surface area contributed by atoms with E-state index in [9.17, 15) is 4.79 Å². The number of nitrogens with zero attached hydrogens (tertiary/aromatic N) is 3. The number of hydrogen-bond acceptors (Lipinski definition) is 2. The van der Waals surface area contributed by atoms with Crippen LogP contribution >= 0.6 is 0 Å². The lowest BCUT2D eigenvalue weighted by molar-refractivity contribution is 0.0731. The second-order valence-electron chi connectivity index (χ2n) is 6.85. The Bertz CT molecular complexity index is 758. The van der Waals surface area contributed by atoms with Gasteiger partial charge in [0.1, 0.15) is 5.82 Å². The molecule has 0 saturated heterocycles. The van der Waals surface area contributed by atoms with E-state index in [2.05, 4.69) is 32.4 Å². The van der Waals surface area contributed by atoms with E-state index in [0.717, 1.165) is 35.6 Å². The summed E-state index contributed by atoms with van der Waals surface area (Å²) in [6.45, 7) is 9.81.